The van der Waals surface area contributed by atoms with Gasteiger partial charge in [0.2, 0.25) is 0 Å². The number of ether oxygens (including phenoxy) is 1. The van der Waals surface area contributed by atoms with E-state index in [4.69, 9.17) is 4.74 Å². The minimum absolute atomic E-state index is 0.0845. The minimum Gasteiger partial charge on any atom is -0.444 e. The van der Waals surface area contributed by atoms with E-state index in [0.717, 1.165) is 5.56 Å². The number of benzene rings is 2. The summed E-state index contributed by atoms with van der Waals surface area (Å²) in [5, 5.41) is 13.3. The lowest BCUT2D eigenvalue weighted by Gasteiger charge is -2.07. The van der Waals surface area contributed by atoms with E-state index >= 15 is 0 Å². The van der Waals surface area contributed by atoms with E-state index in [0.29, 0.717) is 4.47 Å². The fourth-order valence-electron chi connectivity index (χ4n) is 1.63. The first kappa shape index (κ1) is 15.0. The van der Waals surface area contributed by atoms with Crippen LogP contribution in [0.15, 0.2) is 53.0 Å². The van der Waals surface area contributed by atoms with Crippen molar-refractivity contribution >= 4 is 33.4 Å². The molecule has 0 aliphatic heterocycles. The zero-order valence-electron chi connectivity index (χ0n) is 10.8. The molecule has 0 heterocycles. The number of nitro benzene ring substituents is 1. The average molecular weight is 351 g/mol. The van der Waals surface area contributed by atoms with Crippen molar-refractivity contribution in [3.8, 4) is 0 Å². The molecule has 0 unspecified atom stereocenters. The fraction of sp³-hybridized carbons (Fsp3) is 0.0714. The van der Waals surface area contributed by atoms with Crippen LogP contribution in [-0.4, -0.2) is 11.0 Å². The quantitative estimate of drug-likeness (QED) is 0.664. The summed E-state index contributed by atoms with van der Waals surface area (Å²) in [6.07, 6.45) is -0.746. The topological polar surface area (TPSA) is 81.5 Å². The van der Waals surface area contributed by atoms with Gasteiger partial charge >= 0.3 is 6.09 Å². The maximum absolute atomic E-state index is 11.7. The van der Waals surface area contributed by atoms with Crippen molar-refractivity contribution in [2.75, 3.05) is 5.32 Å². The third-order valence-electron chi connectivity index (χ3n) is 2.61. The molecule has 0 spiro atoms. The Bertz CT molecular complexity index is 661. The monoisotopic (exact) mass is 350 g/mol. The van der Waals surface area contributed by atoms with Crippen LogP contribution in [0.4, 0.5) is 16.2 Å². The Morgan fingerprint density at radius 3 is 2.62 bits per heavy atom. The second-order valence-electron chi connectivity index (χ2n) is 4.11. The Morgan fingerprint density at radius 1 is 1.24 bits per heavy atom. The highest BCUT2D eigenvalue weighted by Gasteiger charge is 2.16. The second kappa shape index (κ2) is 6.85. The zero-order chi connectivity index (χ0) is 15.2. The molecule has 1 N–H and O–H groups in total. The normalized spacial score (nSPS) is 9.95. The number of hydrogen-bond acceptors (Lipinski definition) is 4. The maximum atomic E-state index is 11.7. The first-order valence-electron chi connectivity index (χ1n) is 5.98. The summed E-state index contributed by atoms with van der Waals surface area (Å²) in [7, 11) is 0. The van der Waals surface area contributed by atoms with Crippen LogP contribution in [0.2, 0.25) is 0 Å². The van der Waals surface area contributed by atoms with Crippen LogP contribution >= 0.6 is 15.9 Å². The van der Waals surface area contributed by atoms with Gasteiger partial charge in [0.15, 0.2) is 0 Å². The minimum atomic E-state index is -0.746. The number of amides is 1. The molecule has 0 aliphatic carbocycles. The smallest absolute Gasteiger partial charge is 0.412 e. The van der Waals surface area contributed by atoms with Gasteiger partial charge in [-0.15, -0.1) is 0 Å². The van der Waals surface area contributed by atoms with Crippen LogP contribution in [0.25, 0.3) is 0 Å². The van der Waals surface area contributed by atoms with Gasteiger partial charge in [0.25, 0.3) is 5.69 Å². The third-order valence-corrected chi connectivity index (χ3v) is 3.10. The molecule has 2 aromatic carbocycles. The molecule has 108 valence electrons. The number of nitro groups is 1. The van der Waals surface area contributed by atoms with E-state index < -0.39 is 11.0 Å². The molecule has 2 rings (SSSR count). The van der Waals surface area contributed by atoms with E-state index in [2.05, 4.69) is 21.2 Å². The molecule has 21 heavy (non-hydrogen) atoms. The summed E-state index contributed by atoms with van der Waals surface area (Å²) in [6, 6.07) is 13.5. The summed E-state index contributed by atoms with van der Waals surface area (Å²) in [5.41, 5.74) is 0.709. The first-order chi connectivity index (χ1) is 10.1. The zero-order valence-corrected chi connectivity index (χ0v) is 12.4. The van der Waals surface area contributed by atoms with Crippen molar-refractivity contribution < 1.29 is 14.5 Å². The predicted octanol–water partition coefficient (Wildman–Crippen LogP) is 4.11. The van der Waals surface area contributed by atoms with Gasteiger partial charge in [-0.05, 0) is 17.7 Å². The van der Waals surface area contributed by atoms with Crippen molar-refractivity contribution in [3.63, 3.8) is 0 Å². The van der Waals surface area contributed by atoms with Crippen LogP contribution in [0.1, 0.15) is 5.56 Å². The molecule has 0 bridgehead atoms. The number of anilines is 1. The Balaban J connectivity index is 2.01. The summed E-state index contributed by atoms with van der Waals surface area (Å²) < 4.78 is 5.57. The number of nitrogens with zero attached hydrogens (tertiary/aromatic N) is 1. The second-order valence-corrected chi connectivity index (χ2v) is 5.02. The van der Waals surface area contributed by atoms with Crippen molar-refractivity contribution in [1.29, 1.82) is 0 Å². The van der Waals surface area contributed by atoms with Gasteiger partial charge in [-0.1, -0.05) is 46.3 Å². The van der Waals surface area contributed by atoms with Gasteiger partial charge in [0.1, 0.15) is 12.3 Å². The molecule has 0 fully saturated rings. The number of rotatable bonds is 4. The highest BCUT2D eigenvalue weighted by molar-refractivity contribution is 9.10. The summed E-state index contributed by atoms with van der Waals surface area (Å²) >= 11 is 3.14. The number of carbonyl (C=O) groups excluding carboxylic acids is 1. The lowest BCUT2D eigenvalue weighted by atomic mass is 10.2. The van der Waals surface area contributed by atoms with E-state index in [-0.39, 0.29) is 18.0 Å². The largest absolute Gasteiger partial charge is 0.444 e. The van der Waals surface area contributed by atoms with E-state index in [1.165, 1.54) is 12.1 Å². The van der Waals surface area contributed by atoms with Crippen molar-refractivity contribution in [2.24, 2.45) is 0 Å². The van der Waals surface area contributed by atoms with Crippen molar-refractivity contribution in [2.45, 2.75) is 6.61 Å². The van der Waals surface area contributed by atoms with Gasteiger partial charge in [-0.2, -0.15) is 0 Å². The summed E-state index contributed by atoms with van der Waals surface area (Å²) in [6.45, 7) is 0.0942. The highest BCUT2D eigenvalue weighted by Crippen LogP contribution is 2.28. The molecule has 2 aromatic rings. The summed E-state index contributed by atoms with van der Waals surface area (Å²) in [5.74, 6) is 0. The molecule has 0 saturated carbocycles. The Kier molecular flexibility index (Phi) is 4.89. The molecule has 0 atom stereocenters. The molecule has 0 aliphatic rings. The number of nitrogens with one attached hydrogen (secondary N) is 1. The molecular weight excluding hydrogens is 340 g/mol. The van der Waals surface area contributed by atoms with Gasteiger partial charge < -0.3 is 4.74 Å². The van der Waals surface area contributed by atoms with Gasteiger partial charge in [-0.3, -0.25) is 15.4 Å². The summed E-state index contributed by atoms with van der Waals surface area (Å²) in [4.78, 5) is 22.0. The Morgan fingerprint density at radius 2 is 1.95 bits per heavy atom. The maximum Gasteiger partial charge on any atom is 0.412 e. The standard InChI is InChI=1S/C14H11BrN2O4/c15-11-6-7-12(13(8-11)17(19)20)16-14(18)21-9-10-4-2-1-3-5-10/h1-8H,9H2,(H,16,18). The average Bonchev–Trinajstić information content (AvgIpc) is 2.48. The van der Waals surface area contributed by atoms with E-state index in [1.807, 2.05) is 30.3 Å². The predicted molar refractivity (Wildman–Crippen MR) is 81.0 cm³/mol. The van der Waals surface area contributed by atoms with Crippen LogP contribution in [0.3, 0.4) is 0 Å². The lowest BCUT2D eigenvalue weighted by molar-refractivity contribution is -0.384. The van der Waals surface area contributed by atoms with Gasteiger partial charge in [-0.25, -0.2) is 4.79 Å². The molecular formula is C14H11BrN2O4. The van der Waals surface area contributed by atoms with Crippen molar-refractivity contribution in [3.05, 3.63) is 68.7 Å². The SMILES string of the molecule is O=C(Nc1ccc(Br)cc1[N+](=O)[O-])OCc1ccccc1. The number of carbonyl (C=O) groups is 1. The van der Waals surface area contributed by atoms with Gasteiger partial charge in [0.05, 0.1) is 4.92 Å². The van der Waals surface area contributed by atoms with Crippen LogP contribution in [-0.2, 0) is 11.3 Å². The molecule has 7 heteroatoms. The third kappa shape index (κ3) is 4.28. The Labute approximate surface area is 129 Å². The van der Waals surface area contributed by atoms with Gasteiger partial charge in [0, 0.05) is 10.5 Å². The van der Waals surface area contributed by atoms with Crippen molar-refractivity contribution in [1.82, 2.24) is 0 Å². The van der Waals surface area contributed by atoms with Crippen LogP contribution in [0.5, 0.6) is 0 Å². The van der Waals surface area contributed by atoms with E-state index in [1.54, 1.807) is 6.07 Å². The lowest BCUT2D eigenvalue weighted by Crippen LogP contribution is -2.14. The number of halogens is 1. The van der Waals surface area contributed by atoms with Crippen LogP contribution < -0.4 is 5.32 Å². The molecule has 0 saturated heterocycles. The Hall–Kier alpha value is -2.41. The molecule has 0 radical (unpaired) electrons. The van der Waals surface area contributed by atoms with Crippen LogP contribution in [0, 0.1) is 10.1 Å². The van der Waals surface area contributed by atoms with E-state index in [9.17, 15) is 14.9 Å². The number of hydrogen-bond donors (Lipinski definition) is 1. The highest BCUT2D eigenvalue weighted by atomic mass is 79.9. The molecule has 1 amide bonds. The fourth-order valence-corrected chi connectivity index (χ4v) is 1.98. The molecule has 0 aromatic heterocycles. The molecule has 6 nitrogen and oxygen atoms in total. The first-order valence-corrected chi connectivity index (χ1v) is 6.77.